The first-order valence-electron chi connectivity index (χ1n) is 3.96. The molecule has 0 N–H and O–H groups in total. The second-order valence-electron chi connectivity index (χ2n) is 2.80. The summed E-state index contributed by atoms with van der Waals surface area (Å²) in [5, 5.41) is 12.8. The first-order valence-corrected chi connectivity index (χ1v) is 3.96. The zero-order chi connectivity index (χ0) is 9.26. The van der Waals surface area contributed by atoms with Crippen LogP contribution in [-0.2, 0) is 0 Å². The van der Waals surface area contributed by atoms with Gasteiger partial charge in [-0.3, -0.25) is 0 Å². The Kier molecular flexibility index (Phi) is 3.14. The van der Waals surface area contributed by atoms with Gasteiger partial charge in [0, 0.05) is 11.5 Å². The van der Waals surface area contributed by atoms with Crippen molar-refractivity contribution in [3.63, 3.8) is 0 Å². The van der Waals surface area contributed by atoms with Crippen molar-refractivity contribution < 1.29 is 9.47 Å². The van der Waals surface area contributed by atoms with E-state index in [1.165, 1.54) is 12.4 Å². The monoisotopic (exact) mass is 211 g/mol. The molecule has 1 aromatic heterocycles. The Labute approximate surface area is 87.9 Å². The van der Waals surface area contributed by atoms with Gasteiger partial charge in [0.15, 0.2) is 12.4 Å². The van der Waals surface area contributed by atoms with E-state index >= 15 is 0 Å². The second kappa shape index (κ2) is 4.15. The molecule has 0 aliphatic heterocycles. The molecular formula is C10H10ClNO2. The summed E-state index contributed by atoms with van der Waals surface area (Å²) in [6.45, 7) is 0. The van der Waals surface area contributed by atoms with Gasteiger partial charge in [0.1, 0.15) is 5.75 Å². The van der Waals surface area contributed by atoms with Crippen LogP contribution in [0.25, 0.3) is 10.8 Å². The molecule has 0 atom stereocenters. The van der Waals surface area contributed by atoms with E-state index in [1.54, 1.807) is 13.2 Å². The molecule has 3 nitrogen and oxygen atoms in total. The highest BCUT2D eigenvalue weighted by atomic mass is 35.5. The van der Waals surface area contributed by atoms with Crippen LogP contribution in [0.4, 0.5) is 0 Å². The minimum Gasteiger partial charge on any atom is -0.619 e. The highest BCUT2D eigenvalue weighted by molar-refractivity contribution is 5.85. The maximum absolute atomic E-state index is 10.9. The van der Waals surface area contributed by atoms with Crippen LogP contribution in [0.15, 0.2) is 36.7 Å². The number of nitrogens with zero attached hydrogens (tertiary/aromatic N) is 1. The predicted octanol–water partition coefficient (Wildman–Crippen LogP) is 1.90. The van der Waals surface area contributed by atoms with Crippen molar-refractivity contribution in [1.82, 2.24) is 0 Å². The lowest BCUT2D eigenvalue weighted by atomic mass is 10.2. The Morgan fingerprint density at radius 3 is 2.71 bits per heavy atom. The molecule has 14 heavy (non-hydrogen) atoms. The van der Waals surface area contributed by atoms with Gasteiger partial charge in [-0.2, -0.15) is 4.73 Å². The van der Waals surface area contributed by atoms with Crippen LogP contribution in [-0.4, -0.2) is 7.11 Å². The molecule has 0 radical (unpaired) electrons. The van der Waals surface area contributed by atoms with E-state index in [0.29, 0.717) is 0 Å². The lowest BCUT2D eigenvalue weighted by molar-refractivity contribution is -0.603. The zero-order valence-corrected chi connectivity index (χ0v) is 8.45. The van der Waals surface area contributed by atoms with Gasteiger partial charge in [-0.15, -0.1) is 12.4 Å². The normalized spacial score (nSPS) is 9.50. The molecule has 0 amide bonds. The van der Waals surface area contributed by atoms with Crippen molar-refractivity contribution in [3.05, 3.63) is 41.9 Å². The Morgan fingerprint density at radius 2 is 2.00 bits per heavy atom. The molecule has 0 fully saturated rings. The fraction of sp³-hybridized carbons (Fsp3) is 0.100. The fourth-order valence-corrected chi connectivity index (χ4v) is 1.28. The van der Waals surface area contributed by atoms with Crippen molar-refractivity contribution >= 4 is 23.2 Å². The van der Waals surface area contributed by atoms with Crippen LogP contribution in [0.2, 0.25) is 0 Å². The number of methoxy groups -OCH3 is 1. The molecule has 0 saturated carbocycles. The first kappa shape index (κ1) is 10.6. The van der Waals surface area contributed by atoms with E-state index in [2.05, 4.69) is 0 Å². The van der Waals surface area contributed by atoms with E-state index in [-0.39, 0.29) is 12.4 Å². The number of ether oxygens (including phenoxy) is 1. The van der Waals surface area contributed by atoms with Gasteiger partial charge in [0.25, 0.3) is 0 Å². The SMILES string of the molecule is COc1ccc2c[n+]([O-])ccc2c1.Cl. The summed E-state index contributed by atoms with van der Waals surface area (Å²) >= 11 is 0. The lowest BCUT2D eigenvalue weighted by Gasteiger charge is -2.01. The minimum atomic E-state index is 0. The van der Waals surface area contributed by atoms with Gasteiger partial charge in [-0.1, -0.05) is 0 Å². The maximum atomic E-state index is 10.9. The summed E-state index contributed by atoms with van der Waals surface area (Å²) < 4.78 is 5.85. The first-order chi connectivity index (χ1) is 6.29. The minimum absolute atomic E-state index is 0. The van der Waals surface area contributed by atoms with E-state index in [4.69, 9.17) is 4.74 Å². The number of aromatic nitrogens is 1. The molecule has 1 aromatic carbocycles. The van der Waals surface area contributed by atoms with Crippen molar-refractivity contribution in [1.29, 1.82) is 0 Å². The lowest BCUT2D eigenvalue weighted by Crippen LogP contribution is -2.23. The van der Waals surface area contributed by atoms with Crippen LogP contribution < -0.4 is 9.47 Å². The molecule has 0 saturated heterocycles. The van der Waals surface area contributed by atoms with Crippen LogP contribution in [0.1, 0.15) is 0 Å². The second-order valence-corrected chi connectivity index (χ2v) is 2.80. The van der Waals surface area contributed by atoms with Crippen molar-refractivity contribution in [2.24, 2.45) is 0 Å². The van der Waals surface area contributed by atoms with Crippen molar-refractivity contribution in [2.45, 2.75) is 0 Å². The highest BCUT2D eigenvalue weighted by Crippen LogP contribution is 2.18. The number of pyridine rings is 1. The number of hydrogen-bond donors (Lipinski definition) is 0. The standard InChI is InChI=1S/C10H9NO2.ClH/c1-13-10-3-2-9-7-11(12)5-4-8(9)6-10;/h2-7H,1H3;1H. The highest BCUT2D eigenvalue weighted by Gasteiger charge is 1.98. The number of fused-ring (bicyclic) bond motifs is 1. The zero-order valence-electron chi connectivity index (χ0n) is 7.64. The van der Waals surface area contributed by atoms with Gasteiger partial charge in [-0.25, -0.2) is 0 Å². The Bertz CT molecular complexity index is 445. The molecule has 2 rings (SSSR count). The molecule has 0 unspecified atom stereocenters. The largest absolute Gasteiger partial charge is 0.619 e. The topological polar surface area (TPSA) is 36.2 Å². The van der Waals surface area contributed by atoms with Crippen molar-refractivity contribution in [2.75, 3.05) is 7.11 Å². The maximum Gasteiger partial charge on any atom is 0.188 e. The molecule has 0 aliphatic rings. The number of benzene rings is 1. The molecule has 2 aromatic rings. The summed E-state index contributed by atoms with van der Waals surface area (Å²) in [6.07, 6.45) is 3.01. The molecule has 1 heterocycles. The molecule has 0 bridgehead atoms. The van der Waals surface area contributed by atoms with Crippen LogP contribution in [0, 0.1) is 5.21 Å². The van der Waals surface area contributed by atoms with Crippen LogP contribution in [0.3, 0.4) is 0 Å². The Hall–Kier alpha value is -1.48. The van der Waals surface area contributed by atoms with Gasteiger partial charge < -0.3 is 9.94 Å². The molecule has 4 heteroatoms. The predicted molar refractivity (Wildman–Crippen MR) is 56.7 cm³/mol. The molecule has 0 aliphatic carbocycles. The Balaban J connectivity index is 0.000000980. The van der Waals surface area contributed by atoms with Crippen LogP contribution >= 0.6 is 12.4 Å². The number of rotatable bonds is 1. The number of hydrogen-bond acceptors (Lipinski definition) is 2. The molecule has 74 valence electrons. The van der Waals surface area contributed by atoms with E-state index < -0.39 is 0 Å². The molecular weight excluding hydrogens is 202 g/mol. The summed E-state index contributed by atoms with van der Waals surface area (Å²) in [7, 11) is 1.62. The van der Waals surface area contributed by atoms with Crippen molar-refractivity contribution in [3.8, 4) is 5.75 Å². The Morgan fingerprint density at radius 1 is 1.21 bits per heavy atom. The number of halogens is 1. The summed E-state index contributed by atoms with van der Waals surface area (Å²) in [5.41, 5.74) is 0. The third-order valence-electron chi connectivity index (χ3n) is 1.96. The summed E-state index contributed by atoms with van der Waals surface area (Å²) in [6, 6.07) is 7.37. The summed E-state index contributed by atoms with van der Waals surface area (Å²) in [5.74, 6) is 0.802. The van der Waals surface area contributed by atoms with Gasteiger partial charge >= 0.3 is 0 Å². The molecule has 0 spiro atoms. The van der Waals surface area contributed by atoms with Crippen LogP contribution in [0.5, 0.6) is 5.75 Å². The smallest absolute Gasteiger partial charge is 0.188 e. The van der Waals surface area contributed by atoms with Gasteiger partial charge in [-0.05, 0) is 23.6 Å². The van der Waals surface area contributed by atoms with E-state index in [9.17, 15) is 5.21 Å². The quantitative estimate of drug-likeness (QED) is 0.534. The van der Waals surface area contributed by atoms with E-state index in [0.717, 1.165) is 21.3 Å². The average Bonchev–Trinajstić information content (AvgIpc) is 2.17. The third kappa shape index (κ3) is 1.88. The average molecular weight is 212 g/mol. The van der Waals surface area contributed by atoms with Gasteiger partial charge in [0.2, 0.25) is 0 Å². The summed E-state index contributed by atoms with van der Waals surface area (Å²) in [4.78, 5) is 0. The fourth-order valence-electron chi connectivity index (χ4n) is 1.28. The third-order valence-corrected chi connectivity index (χ3v) is 1.96. The van der Waals surface area contributed by atoms with Gasteiger partial charge in [0.05, 0.1) is 7.11 Å². The van der Waals surface area contributed by atoms with E-state index in [1.807, 2.05) is 18.2 Å².